The highest BCUT2D eigenvalue weighted by Crippen LogP contribution is 2.24. The Bertz CT molecular complexity index is 380. The average Bonchev–Trinajstić information content (AvgIpc) is 2.16. The monoisotopic (exact) mass is 240 g/mol. The molecule has 0 saturated carbocycles. The number of rotatable bonds is 5. The van der Waals surface area contributed by atoms with E-state index in [0.29, 0.717) is 5.92 Å². The zero-order valence-corrected chi connectivity index (χ0v) is 10.3. The molecule has 0 aliphatic carbocycles. The largest absolute Gasteiger partial charge is 0.393 e. The summed E-state index contributed by atoms with van der Waals surface area (Å²) < 4.78 is 0. The molecule has 0 bridgehead atoms. The average molecular weight is 240 g/mol. The van der Waals surface area contributed by atoms with E-state index >= 15 is 0 Å². The second kappa shape index (κ2) is 5.75. The fraction of sp³-hybridized carbons (Fsp3) is 0.455. The first-order valence-electron chi connectivity index (χ1n) is 5.11. The summed E-state index contributed by atoms with van der Waals surface area (Å²) in [5.74, 6) is 2.58. The summed E-state index contributed by atoms with van der Waals surface area (Å²) in [6, 6.07) is 4.92. The Morgan fingerprint density at radius 1 is 1.50 bits per heavy atom. The van der Waals surface area contributed by atoms with Crippen LogP contribution in [-0.2, 0) is 5.75 Å². The highest BCUT2D eigenvalue weighted by molar-refractivity contribution is 7.98. The lowest BCUT2D eigenvalue weighted by atomic mass is 10.2. The number of nitro benzene ring substituents is 1. The molecule has 5 heteroatoms. The minimum Gasteiger partial charge on any atom is -0.393 e. The third-order valence-electron chi connectivity index (χ3n) is 2.01. The number of nitrogens with zero attached hydrogens (tertiary/aromatic N) is 1. The summed E-state index contributed by atoms with van der Waals surface area (Å²) in [6.07, 6.45) is 0. The molecular weight excluding hydrogens is 224 g/mol. The Labute approximate surface area is 99.4 Å². The predicted octanol–water partition coefficient (Wildman–Crippen LogP) is 3.07. The maximum atomic E-state index is 10.6. The number of benzene rings is 1. The third kappa shape index (κ3) is 3.73. The molecule has 4 nitrogen and oxygen atoms in total. The van der Waals surface area contributed by atoms with Gasteiger partial charge in [0.05, 0.1) is 4.92 Å². The van der Waals surface area contributed by atoms with Crippen LogP contribution in [0.4, 0.5) is 11.4 Å². The summed E-state index contributed by atoms with van der Waals surface area (Å²) in [5.41, 5.74) is 6.87. The maximum Gasteiger partial charge on any atom is 0.292 e. The molecule has 0 radical (unpaired) electrons. The predicted molar refractivity (Wildman–Crippen MR) is 68.5 cm³/mol. The fourth-order valence-electron chi connectivity index (χ4n) is 1.27. The van der Waals surface area contributed by atoms with Gasteiger partial charge in [-0.3, -0.25) is 10.1 Å². The molecule has 0 heterocycles. The van der Waals surface area contributed by atoms with E-state index in [1.807, 2.05) is 11.8 Å². The molecule has 1 rings (SSSR count). The standard InChI is InChI=1S/C11H16N2O2S/c1-8(2)6-16-7-9-3-4-11(13(14)15)10(12)5-9/h3-5,8H,6-7,12H2,1-2H3. The van der Waals surface area contributed by atoms with Gasteiger partial charge in [-0.15, -0.1) is 0 Å². The van der Waals surface area contributed by atoms with Gasteiger partial charge in [0, 0.05) is 11.8 Å². The zero-order valence-electron chi connectivity index (χ0n) is 9.47. The Morgan fingerprint density at radius 2 is 2.19 bits per heavy atom. The Kier molecular flexibility index (Phi) is 4.61. The molecule has 0 atom stereocenters. The Morgan fingerprint density at radius 3 is 2.69 bits per heavy atom. The second-order valence-electron chi connectivity index (χ2n) is 4.06. The highest BCUT2D eigenvalue weighted by atomic mass is 32.2. The summed E-state index contributed by atoms with van der Waals surface area (Å²) in [7, 11) is 0. The molecule has 0 aliphatic rings. The van der Waals surface area contributed by atoms with Crippen molar-refractivity contribution in [3.05, 3.63) is 33.9 Å². The lowest BCUT2D eigenvalue weighted by molar-refractivity contribution is -0.383. The van der Waals surface area contributed by atoms with E-state index in [1.165, 1.54) is 6.07 Å². The third-order valence-corrected chi connectivity index (χ3v) is 3.45. The molecule has 0 saturated heterocycles. The van der Waals surface area contributed by atoms with Gasteiger partial charge in [-0.05, 0) is 23.3 Å². The molecule has 0 unspecified atom stereocenters. The molecule has 0 spiro atoms. The van der Waals surface area contributed by atoms with Crippen LogP contribution in [-0.4, -0.2) is 10.7 Å². The molecule has 1 aromatic carbocycles. The molecule has 0 aromatic heterocycles. The fourth-order valence-corrected chi connectivity index (χ4v) is 2.28. The maximum absolute atomic E-state index is 10.6. The van der Waals surface area contributed by atoms with Crippen molar-refractivity contribution < 1.29 is 4.92 Å². The quantitative estimate of drug-likeness (QED) is 0.488. The van der Waals surface area contributed by atoms with Crippen LogP contribution in [0.5, 0.6) is 0 Å². The summed E-state index contributed by atoms with van der Waals surface area (Å²) in [6.45, 7) is 4.33. The molecule has 2 N–H and O–H groups in total. The van der Waals surface area contributed by atoms with Crippen molar-refractivity contribution in [2.45, 2.75) is 19.6 Å². The summed E-state index contributed by atoms with van der Waals surface area (Å²) >= 11 is 1.81. The lowest BCUT2D eigenvalue weighted by Crippen LogP contribution is -1.97. The highest BCUT2D eigenvalue weighted by Gasteiger charge is 2.10. The number of thioether (sulfide) groups is 1. The van der Waals surface area contributed by atoms with Gasteiger partial charge in [0.25, 0.3) is 5.69 Å². The van der Waals surface area contributed by atoms with Crippen LogP contribution in [0.3, 0.4) is 0 Å². The number of nitrogen functional groups attached to an aromatic ring is 1. The number of anilines is 1. The summed E-state index contributed by atoms with van der Waals surface area (Å²) in [4.78, 5) is 10.1. The van der Waals surface area contributed by atoms with Gasteiger partial charge in [0.15, 0.2) is 0 Å². The van der Waals surface area contributed by atoms with E-state index in [4.69, 9.17) is 5.73 Å². The van der Waals surface area contributed by atoms with Crippen LogP contribution in [0.1, 0.15) is 19.4 Å². The van der Waals surface area contributed by atoms with E-state index in [9.17, 15) is 10.1 Å². The molecule has 16 heavy (non-hydrogen) atoms. The van der Waals surface area contributed by atoms with Crippen LogP contribution >= 0.6 is 11.8 Å². The van der Waals surface area contributed by atoms with Crippen LogP contribution < -0.4 is 5.73 Å². The van der Waals surface area contributed by atoms with Crippen LogP contribution in [0.2, 0.25) is 0 Å². The summed E-state index contributed by atoms with van der Waals surface area (Å²) in [5, 5.41) is 10.6. The molecule has 0 aliphatic heterocycles. The zero-order chi connectivity index (χ0) is 12.1. The van der Waals surface area contributed by atoms with Crippen molar-refractivity contribution >= 4 is 23.1 Å². The van der Waals surface area contributed by atoms with Crippen molar-refractivity contribution in [3.8, 4) is 0 Å². The first-order valence-corrected chi connectivity index (χ1v) is 6.26. The first kappa shape index (κ1) is 12.8. The number of hydrogen-bond donors (Lipinski definition) is 1. The molecule has 88 valence electrons. The molecule has 0 fully saturated rings. The lowest BCUT2D eigenvalue weighted by Gasteiger charge is -2.05. The van der Waals surface area contributed by atoms with Gasteiger partial charge in [-0.25, -0.2) is 0 Å². The van der Waals surface area contributed by atoms with E-state index in [2.05, 4.69) is 13.8 Å². The minimum absolute atomic E-state index is 0.0161. The second-order valence-corrected chi connectivity index (χ2v) is 5.09. The topological polar surface area (TPSA) is 69.2 Å². The minimum atomic E-state index is -0.458. The molecule has 0 amide bonds. The first-order chi connectivity index (χ1) is 7.50. The van der Waals surface area contributed by atoms with Crippen LogP contribution in [0, 0.1) is 16.0 Å². The van der Waals surface area contributed by atoms with Crippen molar-refractivity contribution in [2.75, 3.05) is 11.5 Å². The smallest absolute Gasteiger partial charge is 0.292 e. The van der Waals surface area contributed by atoms with Gasteiger partial charge < -0.3 is 5.73 Å². The van der Waals surface area contributed by atoms with Gasteiger partial charge in [-0.2, -0.15) is 11.8 Å². The van der Waals surface area contributed by atoms with Gasteiger partial charge in [0.1, 0.15) is 5.69 Å². The molecule has 1 aromatic rings. The van der Waals surface area contributed by atoms with Crippen LogP contribution in [0.15, 0.2) is 18.2 Å². The van der Waals surface area contributed by atoms with Gasteiger partial charge >= 0.3 is 0 Å². The van der Waals surface area contributed by atoms with Crippen molar-refractivity contribution in [3.63, 3.8) is 0 Å². The number of nitro groups is 1. The Balaban J connectivity index is 2.63. The van der Waals surface area contributed by atoms with E-state index in [1.54, 1.807) is 12.1 Å². The number of nitrogens with two attached hydrogens (primary N) is 1. The van der Waals surface area contributed by atoms with Crippen molar-refractivity contribution in [2.24, 2.45) is 5.92 Å². The van der Waals surface area contributed by atoms with Gasteiger partial charge in [0.2, 0.25) is 0 Å². The molecular formula is C11H16N2O2S. The van der Waals surface area contributed by atoms with Crippen LogP contribution in [0.25, 0.3) is 0 Å². The normalized spacial score (nSPS) is 10.7. The van der Waals surface area contributed by atoms with Gasteiger partial charge in [-0.1, -0.05) is 19.9 Å². The van der Waals surface area contributed by atoms with E-state index in [-0.39, 0.29) is 11.4 Å². The van der Waals surface area contributed by atoms with E-state index in [0.717, 1.165) is 17.1 Å². The van der Waals surface area contributed by atoms with Crippen molar-refractivity contribution in [1.82, 2.24) is 0 Å². The van der Waals surface area contributed by atoms with E-state index < -0.39 is 4.92 Å². The SMILES string of the molecule is CC(C)CSCc1ccc([N+](=O)[O-])c(N)c1. The number of hydrogen-bond acceptors (Lipinski definition) is 4. The van der Waals surface area contributed by atoms with Crippen molar-refractivity contribution in [1.29, 1.82) is 0 Å². The Hall–Kier alpha value is -1.23.